The predicted molar refractivity (Wildman–Crippen MR) is 129 cm³/mol. The Morgan fingerprint density at radius 1 is 1.15 bits per heavy atom. The van der Waals surface area contributed by atoms with E-state index in [1.54, 1.807) is 6.92 Å². The molecule has 172 valence electrons. The Morgan fingerprint density at radius 3 is 2.55 bits per heavy atom. The molecule has 1 saturated carbocycles. The van der Waals surface area contributed by atoms with Crippen LogP contribution in [0.4, 0.5) is 0 Å². The first-order valence-electron chi connectivity index (χ1n) is 11.5. The summed E-state index contributed by atoms with van der Waals surface area (Å²) in [6.45, 7) is 6.04. The maximum atomic E-state index is 13.1. The first-order chi connectivity index (χ1) is 15.8. The second-order valence-corrected chi connectivity index (χ2v) is 10.2. The van der Waals surface area contributed by atoms with E-state index in [9.17, 15) is 4.79 Å². The number of aromatic nitrogens is 2. The molecule has 1 aromatic heterocycles. The molecule has 2 fully saturated rings. The second-order valence-electron chi connectivity index (χ2n) is 9.38. The highest BCUT2D eigenvalue weighted by Crippen LogP contribution is 2.60. The van der Waals surface area contributed by atoms with Crippen molar-refractivity contribution in [3.05, 3.63) is 69.5 Å². The number of nitrogens with one attached hydrogen (secondary N) is 1. The maximum absolute atomic E-state index is 13.1. The molecular formula is C26H27Cl2N3O2. The minimum Gasteiger partial charge on any atom is -0.421 e. The Hall–Kier alpha value is -2.37. The molecule has 1 aliphatic heterocycles. The number of fused-ring (bicyclic) bond motifs is 1. The molecule has 2 aromatic carbocycles. The van der Waals surface area contributed by atoms with Crippen LogP contribution in [0.3, 0.4) is 0 Å². The van der Waals surface area contributed by atoms with Gasteiger partial charge in [0, 0.05) is 34.5 Å². The van der Waals surface area contributed by atoms with Crippen LogP contribution in [0.2, 0.25) is 10.0 Å². The summed E-state index contributed by atoms with van der Waals surface area (Å²) in [6.07, 6.45) is 2.56. The van der Waals surface area contributed by atoms with Gasteiger partial charge in [-0.1, -0.05) is 48.3 Å². The number of rotatable bonds is 4. The van der Waals surface area contributed by atoms with Gasteiger partial charge in [0.05, 0.1) is 5.41 Å². The zero-order valence-corrected chi connectivity index (χ0v) is 20.5. The highest BCUT2D eigenvalue weighted by atomic mass is 35.5. The molecule has 0 radical (unpaired) electrons. The molecule has 5 nitrogen and oxygen atoms in total. The zero-order valence-electron chi connectivity index (χ0n) is 18.9. The number of carbonyl (C=O) groups excluding carboxylic acids is 1. The average molecular weight is 484 g/mol. The first kappa shape index (κ1) is 22.4. The Bertz CT molecular complexity index is 1190. The third-order valence-electron chi connectivity index (χ3n) is 7.77. The molecule has 0 unspecified atom stereocenters. The Morgan fingerprint density at radius 2 is 1.91 bits per heavy atom. The fourth-order valence-corrected chi connectivity index (χ4v) is 6.72. The summed E-state index contributed by atoms with van der Waals surface area (Å²) in [5, 5.41) is 12.7. The number of hydrogen-bond donors (Lipinski definition) is 1. The maximum Gasteiger partial charge on any atom is 0.247 e. The lowest BCUT2D eigenvalue weighted by molar-refractivity contribution is -0.131. The van der Waals surface area contributed by atoms with Crippen LogP contribution in [-0.4, -0.2) is 22.1 Å². The zero-order chi connectivity index (χ0) is 23.3. The van der Waals surface area contributed by atoms with Crippen molar-refractivity contribution in [1.29, 1.82) is 0 Å². The molecule has 3 aromatic rings. The number of benzene rings is 2. The Kier molecular flexibility index (Phi) is 5.74. The summed E-state index contributed by atoms with van der Waals surface area (Å²) in [5.74, 6) is 1.65. The molecule has 0 spiro atoms. The van der Waals surface area contributed by atoms with Gasteiger partial charge in [0.25, 0.3) is 0 Å². The van der Waals surface area contributed by atoms with Crippen LogP contribution in [0, 0.1) is 18.3 Å². The molecule has 2 heterocycles. The van der Waals surface area contributed by atoms with Crippen LogP contribution >= 0.6 is 23.2 Å². The molecule has 0 bridgehead atoms. The summed E-state index contributed by atoms with van der Waals surface area (Å²) in [6, 6.07) is 14.2. The monoisotopic (exact) mass is 483 g/mol. The van der Waals surface area contributed by atoms with Gasteiger partial charge in [-0.15, -0.1) is 10.2 Å². The van der Waals surface area contributed by atoms with Gasteiger partial charge < -0.3 is 9.73 Å². The van der Waals surface area contributed by atoms with Crippen molar-refractivity contribution < 1.29 is 9.21 Å². The van der Waals surface area contributed by atoms with Gasteiger partial charge in [-0.2, -0.15) is 0 Å². The molecule has 33 heavy (non-hydrogen) atoms. The summed E-state index contributed by atoms with van der Waals surface area (Å²) in [7, 11) is 0. The van der Waals surface area contributed by atoms with E-state index in [2.05, 4.69) is 47.6 Å². The normalized spacial score (nSPS) is 29.1. The van der Waals surface area contributed by atoms with Crippen LogP contribution < -0.4 is 5.32 Å². The highest BCUT2D eigenvalue weighted by Gasteiger charge is 2.59. The molecule has 2 aliphatic rings. The van der Waals surface area contributed by atoms with Crippen molar-refractivity contribution >= 4 is 29.1 Å². The molecule has 5 rings (SSSR count). The largest absolute Gasteiger partial charge is 0.421 e. The van der Waals surface area contributed by atoms with Crippen LogP contribution in [0.5, 0.6) is 0 Å². The van der Waals surface area contributed by atoms with E-state index < -0.39 is 0 Å². The van der Waals surface area contributed by atoms with Gasteiger partial charge in [-0.05, 0) is 73.4 Å². The number of aryl methyl sites for hydroxylation is 1. The third kappa shape index (κ3) is 3.66. The Balaban J connectivity index is 1.60. The number of amides is 1. The highest BCUT2D eigenvalue weighted by molar-refractivity contribution is 6.31. The molecule has 1 aliphatic carbocycles. The minimum absolute atomic E-state index is 0.0837. The quantitative estimate of drug-likeness (QED) is 0.456. The van der Waals surface area contributed by atoms with E-state index in [-0.39, 0.29) is 35.1 Å². The van der Waals surface area contributed by atoms with Crippen molar-refractivity contribution in [2.24, 2.45) is 11.3 Å². The van der Waals surface area contributed by atoms with E-state index >= 15 is 0 Å². The van der Waals surface area contributed by atoms with Gasteiger partial charge in [-0.25, -0.2) is 0 Å². The van der Waals surface area contributed by atoms with Gasteiger partial charge in [-0.3, -0.25) is 4.79 Å². The number of nitrogens with zero attached hydrogens (tertiary/aromatic N) is 2. The molecule has 7 heteroatoms. The van der Waals surface area contributed by atoms with E-state index in [0.717, 1.165) is 30.4 Å². The van der Waals surface area contributed by atoms with Gasteiger partial charge >= 0.3 is 0 Å². The fourth-order valence-electron chi connectivity index (χ4n) is 6.27. The third-order valence-corrected chi connectivity index (χ3v) is 8.35. The van der Waals surface area contributed by atoms with Crippen LogP contribution in [-0.2, 0) is 4.79 Å². The smallest absolute Gasteiger partial charge is 0.247 e. The van der Waals surface area contributed by atoms with Crippen molar-refractivity contribution in [3.8, 4) is 11.5 Å². The lowest BCUT2D eigenvalue weighted by atomic mass is 9.54. The minimum atomic E-state index is -0.353. The number of carbonyl (C=O) groups is 1. The van der Waals surface area contributed by atoms with E-state index in [1.165, 1.54) is 5.56 Å². The van der Waals surface area contributed by atoms with Gasteiger partial charge in [0.1, 0.15) is 0 Å². The topological polar surface area (TPSA) is 68.0 Å². The molecule has 1 N–H and O–H groups in total. The van der Waals surface area contributed by atoms with E-state index in [1.807, 2.05) is 24.3 Å². The van der Waals surface area contributed by atoms with Gasteiger partial charge in [0.2, 0.25) is 17.7 Å². The standard InChI is InChI=1S/C26H27Cl2N3O2/c1-4-26-12-11-20(19-10-7-17(13-21(19)28)24-31-30-15(3)33-24)22(16-5-8-18(27)9-6-16)23(26)14(2)29-25(26)32/h5-10,13-14,20,22-23H,4,11-12H2,1-3H3,(H,29,32)/t14-,20+,22+,23+,26-/m1/s1. The van der Waals surface area contributed by atoms with Crippen LogP contribution in [0.25, 0.3) is 11.5 Å². The molecule has 1 amide bonds. The first-order valence-corrected chi connectivity index (χ1v) is 12.3. The number of hydrogen-bond acceptors (Lipinski definition) is 4. The van der Waals surface area contributed by atoms with E-state index in [0.29, 0.717) is 21.8 Å². The lowest BCUT2D eigenvalue weighted by Crippen LogP contribution is -2.43. The van der Waals surface area contributed by atoms with Crippen LogP contribution in [0.15, 0.2) is 46.9 Å². The summed E-state index contributed by atoms with van der Waals surface area (Å²) >= 11 is 13.1. The molecule has 5 atom stereocenters. The second kappa shape index (κ2) is 8.44. The van der Waals surface area contributed by atoms with Crippen LogP contribution in [0.1, 0.15) is 62.0 Å². The molecule has 1 saturated heterocycles. The summed E-state index contributed by atoms with van der Waals surface area (Å²) in [5.41, 5.74) is 2.74. The average Bonchev–Trinajstić information content (AvgIpc) is 3.35. The van der Waals surface area contributed by atoms with Gasteiger partial charge in [0.15, 0.2) is 0 Å². The van der Waals surface area contributed by atoms with Crippen molar-refractivity contribution in [1.82, 2.24) is 15.5 Å². The predicted octanol–water partition coefficient (Wildman–Crippen LogP) is 6.54. The van der Waals surface area contributed by atoms with Crippen molar-refractivity contribution in [2.75, 3.05) is 0 Å². The van der Waals surface area contributed by atoms with Crippen molar-refractivity contribution in [3.63, 3.8) is 0 Å². The molecular weight excluding hydrogens is 457 g/mol. The summed E-state index contributed by atoms with van der Waals surface area (Å²) in [4.78, 5) is 13.1. The fraction of sp³-hybridized carbons (Fsp3) is 0.423. The Labute approximate surface area is 203 Å². The number of halogens is 2. The van der Waals surface area contributed by atoms with Crippen molar-refractivity contribution in [2.45, 2.75) is 57.9 Å². The van der Waals surface area contributed by atoms with E-state index in [4.69, 9.17) is 27.6 Å². The SMILES string of the molecule is CC[C@@]12CC[C@@H](c3ccc(-c4nnc(C)o4)cc3Cl)[C@H](c3ccc(Cl)cc3)[C@@H]1[C@@H](C)NC2=O. The lowest BCUT2D eigenvalue weighted by Gasteiger charge is -2.47. The summed E-state index contributed by atoms with van der Waals surface area (Å²) < 4.78 is 5.58.